The third-order valence-corrected chi connectivity index (χ3v) is 8.56. The monoisotopic (exact) mass is 565 g/mol. The minimum Gasteiger partial charge on any atom is -0.460 e. The summed E-state index contributed by atoms with van der Waals surface area (Å²) in [5, 5.41) is 12.2. The van der Waals surface area contributed by atoms with E-state index >= 15 is 0 Å². The molecule has 10 nitrogen and oxygen atoms in total. The van der Waals surface area contributed by atoms with E-state index in [2.05, 4.69) is 5.32 Å². The Morgan fingerprint density at radius 1 is 1.07 bits per heavy atom. The number of aliphatic hydroxyl groups excluding tert-OH is 1. The molecule has 0 aliphatic carbocycles. The summed E-state index contributed by atoms with van der Waals surface area (Å²) >= 11 is 0. The molecular weight excluding hydrogens is 526 g/mol. The fourth-order valence-corrected chi connectivity index (χ4v) is 6.70. The van der Waals surface area contributed by atoms with Gasteiger partial charge >= 0.3 is 5.97 Å². The number of unbranched alkanes of at least 4 members (excludes halogenated alkanes) is 1. The number of likely N-dealkylation sites (tertiary alicyclic amines) is 1. The first-order valence-corrected chi connectivity index (χ1v) is 14.5. The van der Waals surface area contributed by atoms with Gasteiger partial charge in [-0.2, -0.15) is 0 Å². The molecule has 0 unspecified atom stereocenters. The van der Waals surface area contributed by atoms with Gasteiger partial charge in [-0.25, -0.2) is 0 Å². The molecule has 10 heteroatoms. The second kappa shape index (κ2) is 11.8. The minimum absolute atomic E-state index is 0.0314. The molecule has 220 valence electrons. The molecule has 2 N–H and O–H groups in total. The summed E-state index contributed by atoms with van der Waals surface area (Å²) in [6.07, 6.45) is 7.71. The largest absolute Gasteiger partial charge is 0.460 e. The van der Waals surface area contributed by atoms with Crippen molar-refractivity contribution in [1.82, 2.24) is 10.2 Å². The Hall–Kier alpha value is -3.50. The molecule has 4 aliphatic rings. The van der Waals surface area contributed by atoms with Crippen molar-refractivity contribution < 1.29 is 33.8 Å². The van der Waals surface area contributed by atoms with Crippen LogP contribution in [0.2, 0.25) is 0 Å². The number of nitrogens with zero attached hydrogens (tertiary/aromatic N) is 2. The minimum atomic E-state index is -1.31. The number of rotatable bonds is 5. The number of para-hydroxylation sites is 1. The molecule has 5 bridgehead atoms. The summed E-state index contributed by atoms with van der Waals surface area (Å²) in [6, 6.07) is 4.82. The highest BCUT2D eigenvalue weighted by Gasteiger charge is 2.73. The predicted molar refractivity (Wildman–Crippen MR) is 151 cm³/mol. The van der Waals surface area contributed by atoms with Crippen molar-refractivity contribution >= 4 is 29.4 Å². The molecule has 5 rings (SSSR count). The fourth-order valence-electron chi connectivity index (χ4n) is 6.70. The second-order valence-corrected chi connectivity index (χ2v) is 11.4. The van der Waals surface area contributed by atoms with Gasteiger partial charge in [0.1, 0.15) is 23.7 Å². The average molecular weight is 566 g/mol. The molecular formula is C31H39N3O7. The van der Waals surface area contributed by atoms with Crippen LogP contribution in [0.15, 0.2) is 42.5 Å². The van der Waals surface area contributed by atoms with E-state index in [0.717, 1.165) is 16.8 Å². The van der Waals surface area contributed by atoms with Crippen molar-refractivity contribution in [3.05, 3.63) is 53.6 Å². The lowest BCUT2D eigenvalue weighted by Gasteiger charge is -2.36. The molecule has 0 aromatic heterocycles. The SMILES string of the molecule is Cc1cccc(C)c1N1C/C=C\CCC(=O)NC[C@@H](C)OC(=O)[C@@H]2[C@@H]3C=C[C@]4(O3)[C@H](C1=O)N(CCCCO)C(=O)[C@@H]24. The van der Waals surface area contributed by atoms with Crippen LogP contribution in [0.4, 0.5) is 5.69 Å². The van der Waals surface area contributed by atoms with Gasteiger partial charge in [0.05, 0.1) is 18.6 Å². The van der Waals surface area contributed by atoms with Crippen molar-refractivity contribution in [1.29, 1.82) is 0 Å². The van der Waals surface area contributed by atoms with Crippen LogP contribution in [-0.2, 0) is 28.7 Å². The maximum absolute atomic E-state index is 14.8. The van der Waals surface area contributed by atoms with Gasteiger partial charge < -0.3 is 29.7 Å². The standard InChI is InChI=1S/C31H39N3O7/c1-19-10-9-11-20(2)26(19)33-15-6-4-5-12-23(36)32-18-21(3)40-30(39)24-22-13-14-31(41-22)25(24)28(37)34(16-7-8-17-35)27(31)29(33)38/h4,6,9-11,13-14,21-22,24-25,27,35H,5,7-8,12,15-18H2,1-3H3,(H,32,36)/b6-4-/t21-,22+,24-,25-,27+,31-/m1/s1. The lowest BCUT2D eigenvalue weighted by atomic mass is 9.74. The Morgan fingerprint density at radius 3 is 2.56 bits per heavy atom. The first kappa shape index (κ1) is 29.0. The number of allylic oxidation sites excluding steroid dienone is 1. The number of esters is 1. The summed E-state index contributed by atoms with van der Waals surface area (Å²) in [5.41, 5.74) is 1.25. The first-order chi connectivity index (χ1) is 19.7. The van der Waals surface area contributed by atoms with Crippen molar-refractivity contribution in [3.8, 4) is 0 Å². The molecule has 1 aromatic rings. The summed E-state index contributed by atoms with van der Waals surface area (Å²) < 4.78 is 12.1. The molecule has 41 heavy (non-hydrogen) atoms. The Labute approximate surface area is 240 Å². The summed E-state index contributed by atoms with van der Waals surface area (Å²) in [4.78, 5) is 58.0. The van der Waals surface area contributed by atoms with Crippen LogP contribution in [0.25, 0.3) is 0 Å². The number of carbonyl (C=O) groups is 4. The van der Waals surface area contributed by atoms with Crippen molar-refractivity contribution in [2.75, 3.05) is 31.1 Å². The Balaban J connectivity index is 1.61. The maximum Gasteiger partial charge on any atom is 0.313 e. The van der Waals surface area contributed by atoms with Crippen LogP contribution < -0.4 is 10.2 Å². The van der Waals surface area contributed by atoms with E-state index < -0.39 is 41.7 Å². The molecule has 4 heterocycles. The molecule has 1 aromatic carbocycles. The molecule has 3 amide bonds. The molecule has 1 spiro atoms. The van der Waals surface area contributed by atoms with Crippen molar-refractivity contribution in [2.45, 2.75) is 70.3 Å². The van der Waals surface area contributed by atoms with Crippen LogP contribution in [-0.4, -0.2) is 83.8 Å². The molecule has 6 atom stereocenters. The van der Waals surface area contributed by atoms with Gasteiger partial charge in [0.25, 0.3) is 5.91 Å². The number of ether oxygens (including phenoxy) is 2. The Morgan fingerprint density at radius 2 is 1.83 bits per heavy atom. The number of hydrogen-bond donors (Lipinski definition) is 2. The van der Waals surface area contributed by atoms with E-state index in [9.17, 15) is 24.3 Å². The van der Waals surface area contributed by atoms with Gasteiger partial charge in [0.15, 0.2) is 0 Å². The van der Waals surface area contributed by atoms with Gasteiger partial charge in [0.2, 0.25) is 11.8 Å². The van der Waals surface area contributed by atoms with Gasteiger partial charge in [-0.05, 0) is 51.2 Å². The zero-order valence-corrected chi connectivity index (χ0v) is 23.9. The quantitative estimate of drug-likeness (QED) is 0.318. The van der Waals surface area contributed by atoms with Crippen molar-refractivity contribution in [3.63, 3.8) is 0 Å². The van der Waals surface area contributed by atoms with Gasteiger partial charge in [-0.1, -0.05) is 42.5 Å². The number of fused-ring (bicyclic) bond motifs is 2. The predicted octanol–water partition coefficient (Wildman–Crippen LogP) is 1.96. The second-order valence-electron chi connectivity index (χ2n) is 11.4. The number of anilines is 1. The number of aryl methyl sites for hydroxylation is 2. The summed E-state index contributed by atoms with van der Waals surface area (Å²) in [7, 11) is 0. The van der Waals surface area contributed by atoms with E-state index in [0.29, 0.717) is 19.3 Å². The van der Waals surface area contributed by atoms with Crippen LogP contribution >= 0.6 is 0 Å². The Kier molecular flexibility index (Phi) is 8.33. The third-order valence-electron chi connectivity index (χ3n) is 8.56. The number of cyclic esters (lactones) is 1. The highest BCUT2D eigenvalue weighted by molar-refractivity contribution is 6.06. The first-order valence-electron chi connectivity index (χ1n) is 14.5. The molecule has 0 saturated carbocycles. The van der Waals surface area contributed by atoms with Gasteiger partial charge in [0, 0.05) is 31.8 Å². The zero-order chi connectivity index (χ0) is 29.3. The van der Waals surface area contributed by atoms with Crippen LogP contribution in [0.3, 0.4) is 0 Å². The molecule has 4 aliphatic heterocycles. The van der Waals surface area contributed by atoms with E-state index in [1.165, 1.54) is 0 Å². The molecule has 2 saturated heterocycles. The van der Waals surface area contributed by atoms with Gasteiger partial charge in [-0.3, -0.25) is 19.2 Å². The number of aliphatic hydroxyl groups is 1. The van der Waals surface area contributed by atoms with E-state index in [1.807, 2.05) is 44.2 Å². The van der Waals surface area contributed by atoms with Crippen LogP contribution in [0.1, 0.15) is 43.7 Å². The topological polar surface area (TPSA) is 125 Å². The van der Waals surface area contributed by atoms with Gasteiger partial charge in [-0.15, -0.1) is 0 Å². The average Bonchev–Trinajstić information content (AvgIpc) is 3.57. The Bertz CT molecular complexity index is 1260. The summed E-state index contributed by atoms with van der Waals surface area (Å²) in [6.45, 7) is 6.18. The van der Waals surface area contributed by atoms with E-state index in [4.69, 9.17) is 9.47 Å². The fraction of sp³-hybridized carbons (Fsp3) is 0.548. The number of amides is 3. The highest BCUT2D eigenvalue weighted by Crippen LogP contribution is 2.56. The summed E-state index contributed by atoms with van der Waals surface area (Å²) in [5.74, 6) is -3.20. The van der Waals surface area contributed by atoms with Crippen LogP contribution in [0, 0.1) is 25.7 Å². The number of hydrogen-bond acceptors (Lipinski definition) is 7. The third kappa shape index (κ3) is 5.19. The molecule has 0 radical (unpaired) electrons. The smallest absolute Gasteiger partial charge is 0.313 e. The number of benzene rings is 1. The van der Waals surface area contributed by atoms with Crippen LogP contribution in [0.5, 0.6) is 0 Å². The maximum atomic E-state index is 14.8. The zero-order valence-electron chi connectivity index (χ0n) is 23.9. The van der Waals surface area contributed by atoms with E-state index in [1.54, 1.807) is 28.9 Å². The molecule has 2 fully saturated rings. The number of nitrogens with one attached hydrogen (secondary N) is 1. The lowest BCUT2D eigenvalue weighted by Crippen LogP contribution is -2.56. The highest BCUT2D eigenvalue weighted by atomic mass is 16.6. The normalized spacial score (nSPS) is 32.7. The lowest BCUT2D eigenvalue weighted by molar-refractivity contribution is -0.158. The number of carbonyl (C=O) groups excluding carboxylic acids is 4. The van der Waals surface area contributed by atoms with E-state index in [-0.39, 0.29) is 50.4 Å². The van der Waals surface area contributed by atoms with Crippen molar-refractivity contribution in [2.24, 2.45) is 11.8 Å².